The highest BCUT2D eigenvalue weighted by molar-refractivity contribution is 7.63. The number of rotatable bonds is 5. The highest BCUT2D eigenvalue weighted by Gasteiger charge is 2.11. The van der Waals surface area contributed by atoms with E-state index in [4.69, 9.17) is 0 Å². The fourth-order valence-corrected chi connectivity index (χ4v) is 3.23. The number of hydrogen-bond acceptors (Lipinski definition) is 1. The van der Waals surface area contributed by atoms with Gasteiger partial charge in [0.25, 0.3) is 0 Å². The summed E-state index contributed by atoms with van der Waals surface area (Å²) >= 11 is 0. The molecule has 0 radical (unpaired) electrons. The van der Waals surface area contributed by atoms with E-state index in [0.717, 1.165) is 25.2 Å². The van der Waals surface area contributed by atoms with Crippen molar-refractivity contribution in [3.63, 3.8) is 0 Å². The molecule has 0 aromatic rings. The van der Waals surface area contributed by atoms with Gasteiger partial charge in [0.15, 0.2) is 0 Å². The first-order valence-corrected chi connectivity index (χ1v) is 6.70. The molecule has 0 aliphatic carbocycles. The van der Waals surface area contributed by atoms with Crippen molar-refractivity contribution >= 4 is 7.14 Å². The zero-order chi connectivity index (χ0) is 8.04. The van der Waals surface area contributed by atoms with Crippen molar-refractivity contribution in [1.82, 2.24) is 0 Å². The van der Waals surface area contributed by atoms with Gasteiger partial charge in [-0.25, -0.2) is 0 Å². The van der Waals surface area contributed by atoms with Crippen molar-refractivity contribution < 1.29 is 4.57 Å². The van der Waals surface area contributed by atoms with Gasteiger partial charge in [-0.3, -0.25) is 0 Å². The molecule has 10 heavy (non-hydrogen) atoms. The molecule has 0 aromatic carbocycles. The third kappa shape index (κ3) is 5.05. The van der Waals surface area contributed by atoms with Gasteiger partial charge in [0.1, 0.15) is 0 Å². The lowest BCUT2D eigenvalue weighted by Crippen LogP contribution is -1.92. The summed E-state index contributed by atoms with van der Waals surface area (Å²) in [6.07, 6.45) is 5.26. The molecule has 0 aliphatic rings. The van der Waals surface area contributed by atoms with Crippen LogP contribution in [-0.4, -0.2) is 19.0 Å². The lowest BCUT2D eigenvalue weighted by atomic mass is 10.4. The van der Waals surface area contributed by atoms with Gasteiger partial charge in [-0.2, -0.15) is 0 Å². The Kier molecular flexibility index (Phi) is 5.07. The van der Waals surface area contributed by atoms with Crippen LogP contribution in [0.15, 0.2) is 0 Å². The molecule has 0 aromatic heterocycles. The Morgan fingerprint density at radius 3 is 2.10 bits per heavy atom. The largest absolute Gasteiger partial charge is 0.324 e. The first-order chi connectivity index (χ1) is 4.62. The Morgan fingerprint density at radius 2 is 1.70 bits per heavy atom. The van der Waals surface area contributed by atoms with Crippen molar-refractivity contribution in [2.24, 2.45) is 0 Å². The minimum absolute atomic E-state index is 0.937. The maximum atomic E-state index is 11.6. The highest BCUT2D eigenvalue weighted by atomic mass is 31.2. The van der Waals surface area contributed by atoms with E-state index in [1.54, 1.807) is 0 Å². The molecule has 0 spiro atoms. The van der Waals surface area contributed by atoms with Gasteiger partial charge in [-0.15, -0.1) is 0 Å². The summed E-state index contributed by atoms with van der Waals surface area (Å²) in [5, 5.41) is 0. The number of hydrogen-bond donors (Lipinski definition) is 0. The molecule has 2 heteroatoms. The fourth-order valence-electron chi connectivity index (χ4n) is 1.08. The molecule has 62 valence electrons. The molecule has 1 nitrogen and oxygen atoms in total. The average molecular weight is 162 g/mol. The van der Waals surface area contributed by atoms with E-state index >= 15 is 0 Å². The molecular weight excluding hydrogens is 143 g/mol. The van der Waals surface area contributed by atoms with Gasteiger partial charge in [0, 0.05) is 12.3 Å². The first-order valence-electron chi connectivity index (χ1n) is 4.18. The fraction of sp³-hybridized carbons (Fsp3) is 1.00. The Balaban J connectivity index is 3.53. The lowest BCUT2D eigenvalue weighted by Gasteiger charge is -2.09. The number of unbranched alkanes of at least 4 members (excludes halogenated alkanes) is 1. The Bertz CT molecular complexity index is 120. The molecule has 0 bridgehead atoms. The quantitative estimate of drug-likeness (QED) is 0.567. The van der Waals surface area contributed by atoms with Crippen LogP contribution in [0.1, 0.15) is 33.1 Å². The molecule has 0 heterocycles. The predicted molar refractivity (Wildman–Crippen MR) is 48.5 cm³/mol. The molecule has 0 aliphatic heterocycles. The van der Waals surface area contributed by atoms with Gasteiger partial charge in [0.2, 0.25) is 0 Å². The molecule has 0 amide bonds. The van der Waals surface area contributed by atoms with E-state index in [9.17, 15) is 4.57 Å². The average Bonchev–Trinajstić information content (AvgIpc) is 1.84. The third-order valence-corrected chi connectivity index (χ3v) is 4.34. The first kappa shape index (κ1) is 10.2. The van der Waals surface area contributed by atoms with Gasteiger partial charge < -0.3 is 4.57 Å². The van der Waals surface area contributed by atoms with E-state index in [0.29, 0.717) is 0 Å². The Morgan fingerprint density at radius 1 is 1.10 bits per heavy atom. The van der Waals surface area contributed by atoms with Crippen molar-refractivity contribution in [3.05, 3.63) is 0 Å². The van der Waals surface area contributed by atoms with Crippen LogP contribution in [0.25, 0.3) is 0 Å². The summed E-state index contributed by atoms with van der Waals surface area (Å²) in [5.74, 6) is 0. The maximum Gasteiger partial charge on any atom is 0.0848 e. The summed E-state index contributed by atoms with van der Waals surface area (Å²) in [6, 6.07) is 0. The van der Waals surface area contributed by atoms with Crippen LogP contribution in [0.5, 0.6) is 0 Å². The summed E-state index contributed by atoms with van der Waals surface area (Å²) in [5.41, 5.74) is 0. The smallest absolute Gasteiger partial charge is 0.0848 e. The second kappa shape index (κ2) is 4.96. The highest BCUT2D eigenvalue weighted by Crippen LogP contribution is 2.42. The predicted octanol–water partition coefficient (Wildman–Crippen LogP) is 3.19. The van der Waals surface area contributed by atoms with Crippen LogP contribution >= 0.6 is 7.14 Å². The minimum Gasteiger partial charge on any atom is -0.324 e. The zero-order valence-electron chi connectivity index (χ0n) is 7.39. The molecule has 0 N–H and O–H groups in total. The summed E-state index contributed by atoms with van der Waals surface area (Å²) in [4.78, 5) is 0. The monoisotopic (exact) mass is 162 g/mol. The topological polar surface area (TPSA) is 17.1 Å². The molecule has 0 fully saturated rings. The van der Waals surface area contributed by atoms with Crippen molar-refractivity contribution in [3.8, 4) is 0 Å². The molecule has 0 saturated heterocycles. The van der Waals surface area contributed by atoms with Gasteiger partial charge in [0.05, 0.1) is 7.14 Å². The van der Waals surface area contributed by atoms with Gasteiger partial charge in [-0.1, -0.05) is 20.3 Å². The second-order valence-electron chi connectivity index (χ2n) is 3.10. The van der Waals surface area contributed by atoms with E-state index in [-0.39, 0.29) is 0 Å². The summed E-state index contributed by atoms with van der Waals surface area (Å²) in [7, 11) is -1.71. The molecule has 0 saturated carbocycles. The molecular formula is C8H19OP. The van der Waals surface area contributed by atoms with Crippen molar-refractivity contribution in [1.29, 1.82) is 0 Å². The van der Waals surface area contributed by atoms with Crippen molar-refractivity contribution in [2.45, 2.75) is 33.1 Å². The lowest BCUT2D eigenvalue weighted by molar-refractivity contribution is 0.575. The summed E-state index contributed by atoms with van der Waals surface area (Å²) < 4.78 is 11.6. The Labute approximate surface area is 64.6 Å². The van der Waals surface area contributed by atoms with E-state index in [1.807, 2.05) is 6.66 Å². The molecule has 1 atom stereocenters. The maximum absolute atomic E-state index is 11.6. The minimum atomic E-state index is -1.71. The van der Waals surface area contributed by atoms with Crippen LogP contribution in [0.3, 0.4) is 0 Å². The Hall–Kier alpha value is 0.230. The van der Waals surface area contributed by atoms with Crippen LogP contribution < -0.4 is 0 Å². The van der Waals surface area contributed by atoms with Gasteiger partial charge >= 0.3 is 0 Å². The van der Waals surface area contributed by atoms with Crippen LogP contribution in [0, 0.1) is 0 Å². The zero-order valence-corrected chi connectivity index (χ0v) is 8.29. The summed E-state index contributed by atoms with van der Waals surface area (Å²) in [6.45, 7) is 6.18. The normalized spacial score (nSPS) is 16.7. The van der Waals surface area contributed by atoms with E-state index in [2.05, 4.69) is 13.8 Å². The molecule has 0 rings (SSSR count). The van der Waals surface area contributed by atoms with E-state index in [1.165, 1.54) is 6.42 Å². The van der Waals surface area contributed by atoms with Crippen molar-refractivity contribution in [2.75, 3.05) is 19.0 Å². The second-order valence-corrected chi connectivity index (χ2v) is 6.59. The van der Waals surface area contributed by atoms with Crippen LogP contribution in [0.2, 0.25) is 0 Å². The third-order valence-electron chi connectivity index (χ3n) is 1.68. The molecule has 1 unspecified atom stereocenters. The standard InChI is InChI=1S/C8H19OP/c1-4-6-8-10(3,9)7-5-2/h4-8H2,1-3H3. The SMILES string of the molecule is CCCCP(C)(=O)CCC. The van der Waals surface area contributed by atoms with E-state index < -0.39 is 7.14 Å². The van der Waals surface area contributed by atoms with Crippen LogP contribution in [-0.2, 0) is 4.57 Å². The van der Waals surface area contributed by atoms with Crippen LogP contribution in [0.4, 0.5) is 0 Å². The van der Waals surface area contributed by atoms with Gasteiger partial charge in [-0.05, 0) is 19.5 Å².